The zero-order chi connectivity index (χ0) is 97.8. The number of benzene rings is 23. The first kappa shape index (κ1) is 91.5. The summed E-state index contributed by atoms with van der Waals surface area (Å²) in [7, 11) is 0. The van der Waals surface area contributed by atoms with Crippen LogP contribution in [0.4, 0.5) is 136 Å². The van der Waals surface area contributed by atoms with Gasteiger partial charge in [-0.1, -0.05) is 340 Å². The van der Waals surface area contributed by atoms with Gasteiger partial charge in [0, 0.05) is 136 Å². The van der Waals surface area contributed by atoms with Crippen LogP contribution >= 0.6 is 0 Å². The minimum absolute atomic E-state index is 1.06. The minimum Gasteiger partial charge on any atom is -0.311 e. The topological polar surface area (TPSA) is 25.9 Å². The Morgan fingerprint density at radius 3 is 0.178 bits per heavy atom. The van der Waals surface area contributed by atoms with Gasteiger partial charge in [-0.25, -0.2) is 0 Å². The third-order valence-corrected chi connectivity index (χ3v) is 26.5. The Morgan fingerprint density at radius 1 is 0.0548 bits per heavy atom. The van der Waals surface area contributed by atoms with Gasteiger partial charge in [-0.2, -0.15) is 0 Å². The molecule has 146 heavy (non-hydrogen) atoms. The van der Waals surface area contributed by atoms with Crippen LogP contribution in [0.2, 0.25) is 0 Å². The van der Waals surface area contributed by atoms with E-state index in [4.69, 9.17) is 0 Å². The van der Waals surface area contributed by atoms with E-state index in [0.717, 1.165) is 192 Å². The molecule has 0 radical (unpaired) electrons. The lowest BCUT2D eigenvalue weighted by Gasteiger charge is -2.28. The monoisotopic (exact) mass is 1870 g/mol. The molecule has 8 heteroatoms. The van der Waals surface area contributed by atoms with E-state index in [2.05, 4.69) is 670 Å². The maximum absolute atomic E-state index is 2.35. The molecular formula is C138H104N8. The van der Waals surface area contributed by atoms with Gasteiger partial charge in [0.05, 0.1) is 0 Å². The van der Waals surface area contributed by atoms with E-state index in [0.29, 0.717) is 0 Å². The summed E-state index contributed by atoms with van der Waals surface area (Å²) in [5.74, 6) is 0. The van der Waals surface area contributed by atoms with E-state index in [1.54, 1.807) is 0 Å². The lowest BCUT2D eigenvalue weighted by Crippen LogP contribution is -2.12. The van der Waals surface area contributed by atoms with Crippen LogP contribution in [-0.4, -0.2) is 0 Å². The number of hydrogen-bond donors (Lipinski definition) is 0. The Morgan fingerprint density at radius 2 is 0.110 bits per heavy atom. The summed E-state index contributed by atoms with van der Waals surface area (Å²) < 4.78 is 0. The van der Waals surface area contributed by atoms with Gasteiger partial charge < -0.3 is 39.2 Å². The SMILES string of the molecule is c1ccc(N(c2ccccc2)c2ccc(-c3ccc(N(c4ccc(-c5ccc(N(c6ccccc6)c6ccccc6)cc5)cc4)c4ccc(-c5ccc(N(c6ccccc6)c6ccccc6)cc5)cc4)cc3)cc2)cc1.c1ccc(N(c2ccccc2)c2ccc(-c3ccc(N(c4ccc(-c5ccc(N(c6ccccc6)c6ccccc6)cc5)cc4)c4ccc(N(c5ccccc5)c5ccccc5)cc4)cc3)cc2)cc1. The number of anilines is 24. The Balaban J connectivity index is 0.000000167. The van der Waals surface area contributed by atoms with Gasteiger partial charge in [0.25, 0.3) is 0 Å². The van der Waals surface area contributed by atoms with Crippen molar-refractivity contribution >= 4 is 136 Å². The molecule has 0 atom stereocenters. The van der Waals surface area contributed by atoms with Crippen LogP contribution in [-0.2, 0) is 0 Å². The van der Waals surface area contributed by atoms with Crippen molar-refractivity contribution < 1.29 is 0 Å². The number of nitrogens with zero attached hydrogens (tertiary/aromatic N) is 8. The highest BCUT2D eigenvalue weighted by Crippen LogP contribution is 2.47. The molecule has 0 aliphatic heterocycles. The van der Waals surface area contributed by atoms with Crippen molar-refractivity contribution in [3.8, 4) is 55.6 Å². The van der Waals surface area contributed by atoms with Gasteiger partial charge in [-0.3, -0.25) is 0 Å². The van der Waals surface area contributed by atoms with Crippen LogP contribution in [0.1, 0.15) is 0 Å². The molecule has 696 valence electrons. The molecule has 0 spiro atoms. The quantitative estimate of drug-likeness (QED) is 0.0458. The molecule has 0 unspecified atom stereocenters. The maximum Gasteiger partial charge on any atom is 0.0463 e. The summed E-state index contributed by atoms with van der Waals surface area (Å²) in [6.45, 7) is 0. The van der Waals surface area contributed by atoms with Crippen molar-refractivity contribution in [3.63, 3.8) is 0 Å². The molecular weight excluding hydrogens is 1770 g/mol. The molecule has 0 fully saturated rings. The number of rotatable bonds is 29. The molecule has 0 aliphatic carbocycles. The van der Waals surface area contributed by atoms with Gasteiger partial charge in [0.15, 0.2) is 0 Å². The highest BCUT2D eigenvalue weighted by molar-refractivity contribution is 5.90. The van der Waals surface area contributed by atoms with Crippen molar-refractivity contribution in [3.05, 3.63) is 631 Å². The lowest BCUT2D eigenvalue weighted by molar-refractivity contribution is 1.26. The van der Waals surface area contributed by atoms with Gasteiger partial charge in [0.2, 0.25) is 0 Å². The first-order valence-electron chi connectivity index (χ1n) is 49.6. The van der Waals surface area contributed by atoms with Crippen molar-refractivity contribution in [2.75, 3.05) is 39.2 Å². The fourth-order valence-electron chi connectivity index (χ4n) is 19.3. The molecule has 8 nitrogen and oxygen atoms in total. The van der Waals surface area contributed by atoms with Crippen LogP contribution in [0.25, 0.3) is 55.6 Å². The Hall–Kier alpha value is -19.5. The number of para-hydroxylation sites is 12. The Kier molecular flexibility index (Phi) is 27.5. The average molecular weight is 1870 g/mol. The predicted molar refractivity (Wildman–Crippen MR) is 618 cm³/mol. The molecule has 0 aromatic heterocycles. The third-order valence-electron chi connectivity index (χ3n) is 26.5. The second-order valence-corrected chi connectivity index (χ2v) is 35.7. The van der Waals surface area contributed by atoms with E-state index in [9.17, 15) is 0 Å². The van der Waals surface area contributed by atoms with Gasteiger partial charge in [0.1, 0.15) is 0 Å². The fraction of sp³-hybridized carbons (Fsp3) is 0. The van der Waals surface area contributed by atoms with Crippen molar-refractivity contribution in [1.82, 2.24) is 0 Å². The lowest BCUT2D eigenvalue weighted by atomic mass is 10.0. The molecule has 0 saturated carbocycles. The fourth-order valence-corrected chi connectivity index (χ4v) is 19.3. The summed E-state index contributed by atoms with van der Waals surface area (Å²) in [6.07, 6.45) is 0. The van der Waals surface area contributed by atoms with Gasteiger partial charge >= 0.3 is 0 Å². The molecule has 23 aromatic carbocycles. The molecule has 0 amide bonds. The van der Waals surface area contributed by atoms with Crippen LogP contribution in [0.5, 0.6) is 0 Å². The molecule has 23 rings (SSSR count). The highest BCUT2D eigenvalue weighted by Gasteiger charge is 2.24. The Bertz CT molecular complexity index is 7240. The standard InChI is InChI=1S/C72H54N4.C66H50N4/c1-7-19-61(20-8-1)73(62-21-9-2-10-22-62)67-43-31-55(32-44-67)58-37-49-70(50-38-58)76(71-51-39-59(40-52-71)56-33-45-68(46-34-56)74(63-23-11-3-12-24-63)64-25-13-4-14-26-64)72-53-41-60(42-54-72)57-35-47-69(48-36-57)75(65-27-15-5-16-28-65)66-29-17-6-18-30-66;1-7-19-55(20-8-1)67(56-21-9-2-10-22-56)61-39-31-51(32-40-61)53-35-43-63(44-36-53)70(66-49-47-65(48-50-66)69(59-27-15-5-16-28-59)60-29-17-6-18-30-60)64-45-37-54(38-46-64)52-33-41-62(42-34-52)68(57-23-11-3-12-24-57)58-25-13-4-14-26-58/h1-54H;1-50H. The molecule has 0 aliphatic rings. The summed E-state index contributed by atoms with van der Waals surface area (Å²) in [5, 5.41) is 0. The van der Waals surface area contributed by atoms with E-state index >= 15 is 0 Å². The molecule has 0 heterocycles. The average Bonchev–Trinajstić information content (AvgIpc) is 0.791. The van der Waals surface area contributed by atoms with E-state index < -0.39 is 0 Å². The highest BCUT2D eigenvalue weighted by atomic mass is 15.2. The summed E-state index contributed by atoms with van der Waals surface area (Å²) in [6, 6.07) is 224. The van der Waals surface area contributed by atoms with Crippen LogP contribution in [0.3, 0.4) is 0 Å². The summed E-state index contributed by atoms with van der Waals surface area (Å²) in [4.78, 5) is 18.5. The second-order valence-electron chi connectivity index (χ2n) is 35.7. The predicted octanol–water partition coefficient (Wildman–Crippen LogP) is 39.5. The minimum atomic E-state index is 1.06. The van der Waals surface area contributed by atoms with E-state index in [1.165, 1.54) is 0 Å². The normalized spacial score (nSPS) is 10.9. The third kappa shape index (κ3) is 20.7. The molecule has 0 bridgehead atoms. The second kappa shape index (κ2) is 43.9. The summed E-state index contributed by atoms with van der Waals surface area (Å²) >= 11 is 0. The zero-order valence-electron chi connectivity index (χ0n) is 80.6. The largest absolute Gasteiger partial charge is 0.311 e. The van der Waals surface area contributed by atoms with Crippen molar-refractivity contribution in [2.45, 2.75) is 0 Å². The van der Waals surface area contributed by atoms with Crippen LogP contribution in [0.15, 0.2) is 631 Å². The van der Waals surface area contributed by atoms with Gasteiger partial charge in [-0.15, -0.1) is 0 Å². The van der Waals surface area contributed by atoms with Crippen molar-refractivity contribution in [1.29, 1.82) is 0 Å². The van der Waals surface area contributed by atoms with E-state index in [1.807, 2.05) is 0 Å². The molecule has 0 saturated heterocycles. The van der Waals surface area contributed by atoms with Crippen LogP contribution < -0.4 is 39.2 Å². The zero-order valence-corrected chi connectivity index (χ0v) is 80.6. The van der Waals surface area contributed by atoms with Gasteiger partial charge in [-0.05, 0) is 347 Å². The maximum atomic E-state index is 2.35. The smallest absolute Gasteiger partial charge is 0.0463 e. The summed E-state index contributed by atoms with van der Waals surface area (Å²) in [5.41, 5.74) is 37.9. The Labute approximate surface area is 856 Å². The van der Waals surface area contributed by atoms with Crippen molar-refractivity contribution in [2.24, 2.45) is 0 Å². The molecule has 0 N–H and O–H groups in total. The van der Waals surface area contributed by atoms with E-state index in [-0.39, 0.29) is 0 Å². The first-order chi connectivity index (χ1) is 72.4. The van der Waals surface area contributed by atoms with Crippen LogP contribution in [0, 0.1) is 0 Å². The molecule has 23 aromatic rings. The first-order valence-corrected chi connectivity index (χ1v) is 49.6. The number of hydrogen-bond acceptors (Lipinski definition) is 8.